The molecule has 4 aliphatic carbocycles. The molecular formula is C21H29FO5. The molecule has 4 aliphatic rings. The van der Waals surface area contributed by atoms with E-state index >= 15 is 4.39 Å². The lowest BCUT2D eigenvalue weighted by Crippen LogP contribution is -2.63. The van der Waals surface area contributed by atoms with Crippen LogP contribution < -0.4 is 0 Å². The quantitative estimate of drug-likeness (QED) is 0.678. The summed E-state index contributed by atoms with van der Waals surface area (Å²) in [4.78, 5) is 24.2. The predicted molar refractivity (Wildman–Crippen MR) is 95.4 cm³/mol. The van der Waals surface area contributed by atoms with Gasteiger partial charge in [0.1, 0.15) is 12.8 Å². The van der Waals surface area contributed by atoms with E-state index in [9.17, 15) is 24.9 Å². The summed E-state index contributed by atoms with van der Waals surface area (Å²) < 4.78 is 15.0. The second-order valence-electron chi connectivity index (χ2n) is 9.63. The fraction of sp³-hybridized carbons (Fsp3) is 0.810. The van der Waals surface area contributed by atoms with Gasteiger partial charge in [0.25, 0.3) is 0 Å². The van der Waals surface area contributed by atoms with Crippen LogP contribution in [-0.2, 0) is 9.59 Å². The molecule has 0 spiro atoms. The Kier molecular flexibility index (Phi) is 4.23. The zero-order valence-electron chi connectivity index (χ0n) is 15.9. The highest BCUT2D eigenvalue weighted by molar-refractivity contribution is 5.92. The van der Waals surface area contributed by atoms with E-state index in [1.807, 2.05) is 0 Å². The summed E-state index contributed by atoms with van der Waals surface area (Å²) in [5.41, 5.74) is -2.57. The number of rotatable bonds is 2. The Labute approximate surface area is 158 Å². The van der Waals surface area contributed by atoms with Gasteiger partial charge in [0, 0.05) is 11.8 Å². The Morgan fingerprint density at radius 2 is 2.04 bits per heavy atom. The fourth-order valence-electron chi connectivity index (χ4n) is 7.27. The van der Waals surface area contributed by atoms with Gasteiger partial charge < -0.3 is 15.3 Å². The number of aliphatic hydroxyl groups is 3. The van der Waals surface area contributed by atoms with Crippen molar-refractivity contribution in [1.82, 2.24) is 0 Å². The van der Waals surface area contributed by atoms with Gasteiger partial charge in [-0.25, -0.2) is 4.39 Å². The third-order valence-corrected chi connectivity index (χ3v) is 8.64. The fourth-order valence-corrected chi connectivity index (χ4v) is 7.27. The highest BCUT2D eigenvalue weighted by atomic mass is 19.1. The Morgan fingerprint density at radius 1 is 1.33 bits per heavy atom. The lowest BCUT2D eigenvalue weighted by molar-refractivity contribution is -0.188. The van der Waals surface area contributed by atoms with E-state index in [1.165, 1.54) is 0 Å². The minimum atomic E-state index is -2.25. The molecule has 4 rings (SSSR count). The van der Waals surface area contributed by atoms with E-state index in [1.54, 1.807) is 13.0 Å². The standard InChI is InChI=1S/C21H29FO5/c1-19-6-5-12(24)7-11(19)3-4-13-14-8-16(22)21(27,17(26)10-23)20(14,2)9-15(25)18(13)19/h7,13-16,18,23,25,27H,3-6,8-10H2,1-2H3/t13-,14-,15?,16?,18+,19-,20-,21-/m0/s1. The number of halogens is 1. The van der Waals surface area contributed by atoms with Crippen LogP contribution in [0.25, 0.3) is 0 Å². The maximum absolute atomic E-state index is 15.0. The average molecular weight is 380 g/mol. The highest BCUT2D eigenvalue weighted by Crippen LogP contribution is 2.68. The maximum atomic E-state index is 15.0. The molecule has 3 fully saturated rings. The van der Waals surface area contributed by atoms with Crippen molar-refractivity contribution in [2.75, 3.05) is 6.61 Å². The van der Waals surface area contributed by atoms with Crippen molar-refractivity contribution < 1.29 is 29.3 Å². The molecule has 3 saturated carbocycles. The molecule has 0 amide bonds. The molecule has 6 heteroatoms. The third kappa shape index (κ3) is 2.26. The van der Waals surface area contributed by atoms with Crippen LogP contribution in [0.15, 0.2) is 11.6 Å². The maximum Gasteiger partial charge on any atom is 0.193 e. The van der Waals surface area contributed by atoms with Crippen molar-refractivity contribution in [2.45, 2.75) is 70.2 Å². The van der Waals surface area contributed by atoms with Crippen LogP contribution >= 0.6 is 0 Å². The molecule has 0 heterocycles. The molecular weight excluding hydrogens is 351 g/mol. The summed E-state index contributed by atoms with van der Waals surface area (Å²) in [6.45, 7) is 2.89. The molecule has 0 aromatic rings. The van der Waals surface area contributed by atoms with Gasteiger partial charge in [-0.1, -0.05) is 19.4 Å². The first kappa shape index (κ1) is 19.2. The van der Waals surface area contributed by atoms with Crippen molar-refractivity contribution in [3.63, 3.8) is 0 Å². The minimum absolute atomic E-state index is 0.0205. The number of alkyl halides is 1. The van der Waals surface area contributed by atoms with E-state index in [-0.39, 0.29) is 41.8 Å². The zero-order valence-corrected chi connectivity index (χ0v) is 15.9. The van der Waals surface area contributed by atoms with Gasteiger partial charge in [0.2, 0.25) is 0 Å². The van der Waals surface area contributed by atoms with E-state index in [0.717, 1.165) is 12.0 Å². The highest BCUT2D eigenvalue weighted by Gasteiger charge is 2.72. The lowest BCUT2D eigenvalue weighted by Gasteiger charge is -2.60. The van der Waals surface area contributed by atoms with Crippen LogP contribution in [0, 0.1) is 28.6 Å². The minimum Gasteiger partial charge on any atom is -0.393 e. The molecule has 0 aliphatic heterocycles. The monoisotopic (exact) mass is 380 g/mol. The molecule has 3 N–H and O–H groups in total. The van der Waals surface area contributed by atoms with E-state index in [2.05, 4.69) is 6.92 Å². The number of aliphatic hydroxyl groups excluding tert-OH is 2. The molecule has 8 atom stereocenters. The molecule has 0 aromatic heterocycles. The number of Topliss-reactive ketones (excluding diaryl/α,β-unsaturated/α-hetero) is 1. The van der Waals surface area contributed by atoms with Crippen molar-refractivity contribution in [3.8, 4) is 0 Å². The van der Waals surface area contributed by atoms with E-state index in [4.69, 9.17) is 0 Å². The van der Waals surface area contributed by atoms with E-state index in [0.29, 0.717) is 19.3 Å². The number of carbonyl (C=O) groups excluding carboxylic acids is 2. The van der Waals surface area contributed by atoms with Crippen molar-refractivity contribution in [2.24, 2.45) is 28.6 Å². The first-order valence-electron chi connectivity index (χ1n) is 10.0. The molecule has 0 radical (unpaired) electrons. The van der Waals surface area contributed by atoms with Gasteiger partial charge in [-0.15, -0.1) is 0 Å². The zero-order chi connectivity index (χ0) is 19.8. The van der Waals surface area contributed by atoms with Gasteiger partial charge in [-0.3, -0.25) is 9.59 Å². The molecule has 5 nitrogen and oxygen atoms in total. The van der Waals surface area contributed by atoms with Gasteiger partial charge in [-0.2, -0.15) is 0 Å². The Balaban J connectivity index is 1.77. The first-order valence-corrected chi connectivity index (χ1v) is 10.0. The summed E-state index contributed by atoms with van der Waals surface area (Å²) in [5, 5.41) is 31.5. The van der Waals surface area contributed by atoms with Crippen LogP contribution in [0.2, 0.25) is 0 Å². The number of ketones is 2. The van der Waals surface area contributed by atoms with E-state index < -0.39 is 35.7 Å². The average Bonchev–Trinajstić information content (AvgIpc) is 2.82. The largest absolute Gasteiger partial charge is 0.393 e. The summed E-state index contributed by atoms with van der Waals surface area (Å²) >= 11 is 0. The summed E-state index contributed by atoms with van der Waals surface area (Å²) in [7, 11) is 0. The topological polar surface area (TPSA) is 94.8 Å². The van der Waals surface area contributed by atoms with Crippen molar-refractivity contribution in [3.05, 3.63) is 11.6 Å². The van der Waals surface area contributed by atoms with Crippen molar-refractivity contribution >= 4 is 11.6 Å². The van der Waals surface area contributed by atoms with Crippen LogP contribution in [0.1, 0.15) is 52.4 Å². The number of hydrogen-bond acceptors (Lipinski definition) is 5. The Bertz CT molecular complexity index is 719. The van der Waals surface area contributed by atoms with Crippen LogP contribution in [0.4, 0.5) is 4.39 Å². The molecule has 27 heavy (non-hydrogen) atoms. The summed E-state index contributed by atoms with van der Waals surface area (Å²) in [5.74, 6) is -1.13. The molecule has 2 unspecified atom stereocenters. The molecule has 0 aromatic carbocycles. The first-order chi connectivity index (χ1) is 12.6. The smallest absolute Gasteiger partial charge is 0.193 e. The Morgan fingerprint density at radius 3 is 2.70 bits per heavy atom. The Hall–Kier alpha value is -1.11. The normalized spacial score (nSPS) is 51.9. The van der Waals surface area contributed by atoms with Crippen LogP contribution in [0.5, 0.6) is 0 Å². The number of fused-ring (bicyclic) bond motifs is 5. The predicted octanol–water partition coefficient (Wildman–Crippen LogP) is 1.73. The number of hydrogen-bond donors (Lipinski definition) is 3. The van der Waals surface area contributed by atoms with Gasteiger partial charge in [0.05, 0.1) is 6.10 Å². The summed E-state index contributed by atoms with van der Waals surface area (Å²) in [6.07, 6.45) is 1.97. The number of allylic oxidation sites excluding steroid dienone is 1. The second kappa shape index (κ2) is 5.94. The van der Waals surface area contributed by atoms with Gasteiger partial charge in [0.15, 0.2) is 17.2 Å². The summed E-state index contributed by atoms with van der Waals surface area (Å²) in [6, 6.07) is 0. The molecule has 150 valence electrons. The number of carbonyl (C=O) groups is 2. The van der Waals surface area contributed by atoms with Gasteiger partial charge >= 0.3 is 0 Å². The second-order valence-corrected chi connectivity index (χ2v) is 9.63. The van der Waals surface area contributed by atoms with Crippen molar-refractivity contribution in [1.29, 1.82) is 0 Å². The molecule has 0 saturated heterocycles. The van der Waals surface area contributed by atoms with Gasteiger partial charge in [-0.05, 0) is 61.3 Å². The molecule has 0 bridgehead atoms. The van der Waals surface area contributed by atoms with Crippen LogP contribution in [-0.4, -0.2) is 51.4 Å². The van der Waals surface area contributed by atoms with Crippen LogP contribution in [0.3, 0.4) is 0 Å². The third-order valence-electron chi connectivity index (χ3n) is 8.64. The lowest BCUT2D eigenvalue weighted by atomic mass is 9.45. The SMILES string of the molecule is C[C@]12CCC(=O)C=C1CC[C@@H]1[C@@H]2C(O)C[C@@]2(C)[C@H]1CC(F)[C@]2(O)C(=O)CO.